The summed E-state index contributed by atoms with van der Waals surface area (Å²) >= 11 is 0. The average Bonchev–Trinajstić information content (AvgIpc) is 2.76. The minimum absolute atomic E-state index is 0.0154. The molecule has 0 unspecified atom stereocenters. The third-order valence-electron chi connectivity index (χ3n) is 5.97. The van der Waals surface area contributed by atoms with E-state index >= 15 is 0 Å². The second kappa shape index (κ2) is 11.4. The number of amides is 1. The van der Waals surface area contributed by atoms with Gasteiger partial charge in [-0.05, 0) is 56.3 Å². The maximum Gasteiger partial charge on any atom is 0.221 e. The van der Waals surface area contributed by atoms with E-state index in [1.54, 1.807) is 0 Å². The standard InChI is InChI=1S/C25H34N2O3S/c1-21-7-9-24(10-8-21)20-31(29,30)18-13-25(28)26-14-17-27-15-11-23(12-16-27)19-22-5-3-2-4-6-22/h2-10,23H,11-20H2,1H3,(H,26,28). The zero-order valence-corrected chi connectivity index (χ0v) is 19.2. The molecule has 31 heavy (non-hydrogen) atoms. The Bertz CT molecular complexity index is 919. The summed E-state index contributed by atoms with van der Waals surface area (Å²) in [4.78, 5) is 14.5. The number of hydrogen-bond donors (Lipinski definition) is 1. The molecular weight excluding hydrogens is 408 g/mol. The van der Waals surface area contributed by atoms with Crippen LogP contribution in [0.25, 0.3) is 0 Å². The highest BCUT2D eigenvalue weighted by Gasteiger charge is 2.19. The summed E-state index contributed by atoms with van der Waals surface area (Å²) in [6.45, 7) is 5.46. The Kier molecular flexibility index (Phi) is 8.67. The lowest BCUT2D eigenvalue weighted by Gasteiger charge is -2.32. The Morgan fingerprint density at radius 2 is 1.68 bits per heavy atom. The Morgan fingerprint density at radius 1 is 1.00 bits per heavy atom. The molecule has 1 heterocycles. The van der Waals surface area contributed by atoms with Gasteiger partial charge in [-0.3, -0.25) is 4.79 Å². The molecule has 5 nitrogen and oxygen atoms in total. The lowest BCUT2D eigenvalue weighted by Crippen LogP contribution is -2.40. The van der Waals surface area contributed by atoms with Crippen LogP contribution < -0.4 is 5.32 Å². The van der Waals surface area contributed by atoms with Crippen LogP contribution in [-0.4, -0.2) is 51.2 Å². The van der Waals surface area contributed by atoms with Crippen molar-refractivity contribution in [1.29, 1.82) is 0 Å². The molecule has 1 aliphatic heterocycles. The van der Waals surface area contributed by atoms with Crippen LogP contribution in [0.1, 0.15) is 36.0 Å². The van der Waals surface area contributed by atoms with Crippen LogP contribution in [-0.2, 0) is 26.8 Å². The number of carbonyl (C=O) groups excluding carboxylic acids is 1. The first kappa shape index (κ1) is 23.5. The Morgan fingerprint density at radius 3 is 2.35 bits per heavy atom. The van der Waals surface area contributed by atoms with Crippen LogP contribution in [0.2, 0.25) is 0 Å². The van der Waals surface area contributed by atoms with Crippen molar-refractivity contribution in [2.45, 2.75) is 38.4 Å². The fourth-order valence-electron chi connectivity index (χ4n) is 4.06. The fourth-order valence-corrected chi connectivity index (χ4v) is 5.40. The molecule has 6 heteroatoms. The first-order valence-electron chi connectivity index (χ1n) is 11.2. The third kappa shape index (κ3) is 8.46. The molecule has 2 aromatic carbocycles. The fraction of sp³-hybridized carbons (Fsp3) is 0.480. The summed E-state index contributed by atoms with van der Waals surface area (Å²) in [5, 5.41) is 2.88. The van der Waals surface area contributed by atoms with E-state index in [9.17, 15) is 13.2 Å². The number of benzene rings is 2. The normalized spacial score (nSPS) is 15.6. The van der Waals surface area contributed by atoms with Gasteiger partial charge in [0, 0.05) is 19.5 Å². The number of carbonyl (C=O) groups is 1. The smallest absolute Gasteiger partial charge is 0.221 e. The van der Waals surface area contributed by atoms with Crippen LogP contribution in [0.15, 0.2) is 54.6 Å². The third-order valence-corrected chi connectivity index (χ3v) is 7.57. The lowest BCUT2D eigenvalue weighted by molar-refractivity contribution is -0.120. The number of nitrogens with zero attached hydrogens (tertiary/aromatic N) is 1. The number of nitrogens with one attached hydrogen (secondary N) is 1. The van der Waals surface area contributed by atoms with Crippen LogP contribution in [0, 0.1) is 12.8 Å². The molecule has 0 radical (unpaired) electrons. The number of hydrogen-bond acceptors (Lipinski definition) is 4. The summed E-state index contributed by atoms with van der Waals surface area (Å²) in [6.07, 6.45) is 3.52. The van der Waals surface area contributed by atoms with E-state index in [1.165, 1.54) is 18.4 Å². The maximum absolute atomic E-state index is 12.3. The molecule has 1 aliphatic rings. The van der Waals surface area contributed by atoms with Crippen LogP contribution in [0.5, 0.6) is 0 Å². The van der Waals surface area contributed by atoms with E-state index in [-0.39, 0.29) is 23.8 Å². The minimum Gasteiger partial charge on any atom is -0.355 e. The zero-order chi connectivity index (χ0) is 22.1. The van der Waals surface area contributed by atoms with Crippen molar-refractivity contribution >= 4 is 15.7 Å². The molecule has 0 aromatic heterocycles. The molecular formula is C25H34N2O3S. The van der Waals surface area contributed by atoms with Gasteiger partial charge in [0.05, 0.1) is 11.5 Å². The highest BCUT2D eigenvalue weighted by molar-refractivity contribution is 7.90. The maximum atomic E-state index is 12.3. The number of aryl methyl sites for hydroxylation is 1. The summed E-state index contributed by atoms with van der Waals surface area (Å²) < 4.78 is 24.6. The van der Waals surface area contributed by atoms with Gasteiger partial charge in [0.25, 0.3) is 0 Å². The van der Waals surface area contributed by atoms with Gasteiger partial charge in [0.15, 0.2) is 9.84 Å². The molecule has 0 aliphatic carbocycles. The Balaban J connectivity index is 1.29. The minimum atomic E-state index is -3.29. The van der Waals surface area contributed by atoms with Gasteiger partial charge >= 0.3 is 0 Å². The molecule has 0 atom stereocenters. The van der Waals surface area contributed by atoms with Gasteiger partial charge in [-0.15, -0.1) is 0 Å². The monoisotopic (exact) mass is 442 g/mol. The first-order chi connectivity index (χ1) is 14.9. The predicted octanol–water partition coefficient (Wildman–Crippen LogP) is 3.37. The average molecular weight is 443 g/mol. The Hall–Kier alpha value is -2.18. The van der Waals surface area contributed by atoms with Crippen molar-refractivity contribution < 1.29 is 13.2 Å². The SMILES string of the molecule is Cc1ccc(CS(=O)(=O)CCC(=O)NCCN2CCC(Cc3ccccc3)CC2)cc1. The largest absolute Gasteiger partial charge is 0.355 e. The summed E-state index contributed by atoms with van der Waals surface area (Å²) in [7, 11) is -3.29. The van der Waals surface area contributed by atoms with Crippen LogP contribution >= 0.6 is 0 Å². The molecule has 1 saturated heterocycles. The summed E-state index contributed by atoms with van der Waals surface area (Å²) in [5.74, 6) is 0.411. The van der Waals surface area contributed by atoms with Crippen molar-refractivity contribution in [2.24, 2.45) is 5.92 Å². The molecule has 1 N–H and O–H groups in total. The number of piperidine rings is 1. The van der Waals surface area contributed by atoms with Crippen molar-refractivity contribution in [3.63, 3.8) is 0 Å². The molecule has 1 amide bonds. The van der Waals surface area contributed by atoms with Crippen LogP contribution in [0.3, 0.4) is 0 Å². The van der Waals surface area contributed by atoms with E-state index in [0.29, 0.717) is 6.54 Å². The van der Waals surface area contributed by atoms with E-state index in [1.807, 2.05) is 31.2 Å². The summed E-state index contributed by atoms with van der Waals surface area (Å²) in [6, 6.07) is 18.1. The molecule has 0 bridgehead atoms. The van der Waals surface area contributed by atoms with Crippen molar-refractivity contribution in [2.75, 3.05) is 31.9 Å². The number of likely N-dealkylation sites (tertiary alicyclic amines) is 1. The Labute approximate surface area is 186 Å². The highest BCUT2D eigenvalue weighted by atomic mass is 32.2. The van der Waals surface area contributed by atoms with Gasteiger partial charge in [0.1, 0.15) is 0 Å². The van der Waals surface area contributed by atoms with Gasteiger partial charge < -0.3 is 10.2 Å². The van der Waals surface area contributed by atoms with Crippen LogP contribution in [0.4, 0.5) is 0 Å². The van der Waals surface area contributed by atoms with E-state index in [2.05, 4.69) is 40.5 Å². The highest BCUT2D eigenvalue weighted by Crippen LogP contribution is 2.21. The topological polar surface area (TPSA) is 66.5 Å². The van der Waals surface area contributed by atoms with Crippen molar-refractivity contribution in [3.05, 3.63) is 71.3 Å². The van der Waals surface area contributed by atoms with Gasteiger partial charge in [-0.25, -0.2) is 8.42 Å². The molecule has 1 fully saturated rings. The quantitative estimate of drug-likeness (QED) is 0.613. The second-order valence-electron chi connectivity index (χ2n) is 8.65. The van der Waals surface area contributed by atoms with Crippen molar-refractivity contribution in [3.8, 4) is 0 Å². The zero-order valence-electron chi connectivity index (χ0n) is 18.4. The summed E-state index contributed by atoms with van der Waals surface area (Å²) in [5.41, 5.74) is 3.27. The second-order valence-corrected chi connectivity index (χ2v) is 10.8. The van der Waals surface area contributed by atoms with Crippen molar-refractivity contribution in [1.82, 2.24) is 10.2 Å². The van der Waals surface area contributed by atoms with Gasteiger partial charge in [-0.1, -0.05) is 60.2 Å². The molecule has 0 saturated carbocycles. The molecule has 168 valence electrons. The van der Waals surface area contributed by atoms with Gasteiger partial charge in [0.2, 0.25) is 5.91 Å². The van der Waals surface area contributed by atoms with Gasteiger partial charge in [-0.2, -0.15) is 0 Å². The number of rotatable bonds is 10. The molecule has 2 aromatic rings. The predicted molar refractivity (Wildman–Crippen MR) is 126 cm³/mol. The molecule has 3 rings (SSSR count). The van der Waals surface area contributed by atoms with E-state index in [0.717, 1.165) is 43.1 Å². The number of sulfone groups is 1. The lowest BCUT2D eigenvalue weighted by atomic mass is 9.90. The first-order valence-corrected chi connectivity index (χ1v) is 13.0. The molecule has 0 spiro atoms. The van der Waals surface area contributed by atoms with E-state index in [4.69, 9.17) is 0 Å². The van der Waals surface area contributed by atoms with E-state index < -0.39 is 9.84 Å².